The fourth-order valence-electron chi connectivity index (χ4n) is 3.35. The monoisotopic (exact) mass is 466 g/mol. The molecule has 0 saturated heterocycles. The van der Waals surface area contributed by atoms with E-state index in [1.165, 1.54) is 12.8 Å². The van der Waals surface area contributed by atoms with Crippen molar-refractivity contribution in [2.75, 3.05) is 0 Å². The number of hydrogen-bond donors (Lipinski definition) is 0. The van der Waals surface area contributed by atoms with Crippen molar-refractivity contribution < 1.29 is 13.6 Å². The highest BCUT2D eigenvalue weighted by atomic mass is 28.4. The molecule has 0 N–H and O–H groups in total. The molecule has 180 valence electrons. The average molecular weight is 467 g/mol. The van der Waals surface area contributed by atoms with Crippen LogP contribution in [-0.4, -0.2) is 34.6 Å². The summed E-state index contributed by atoms with van der Waals surface area (Å²) in [5.74, 6) is 0.101. The van der Waals surface area contributed by atoms with Gasteiger partial charge in [0.2, 0.25) is 0 Å². The molecule has 1 fully saturated rings. The van der Waals surface area contributed by atoms with Crippen molar-refractivity contribution in [3.63, 3.8) is 0 Å². The number of carbonyl (C=O) groups is 1. The summed E-state index contributed by atoms with van der Waals surface area (Å²) < 4.78 is 13.4. The first kappa shape index (κ1) is 28.5. The first-order valence-corrected chi connectivity index (χ1v) is 18.0. The van der Waals surface area contributed by atoms with Crippen LogP contribution in [0.4, 0.5) is 0 Å². The highest BCUT2D eigenvalue weighted by Crippen LogP contribution is 2.42. The quantitative estimate of drug-likeness (QED) is 0.141. The minimum atomic E-state index is -1.97. The molecule has 1 aliphatic rings. The normalized spacial score (nSPS) is 22.5. The SMILES string of the molecule is C=C1C(=O)C[C@H](O[Si](C)(C)C(C)(C)C)[C@H]1/C=C/[C@H](CCCCC)O[Si](C)(C)C(C)(C)C. The van der Waals surface area contributed by atoms with Gasteiger partial charge >= 0.3 is 0 Å². The Labute approximate surface area is 195 Å². The number of Topliss-reactive ketones (excluding diaryl/α,β-unsaturated/α-hetero) is 1. The van der Waals surface area contributed by atoms with Gasteiger partial charge in [0, 0.05) is 12.3 Å². The summed E-state index contributed by atoms with van der Waals surface area (Å²) in [6.07, 6.45) is 9.44. The van der Waals surface area contributed by atoms with Crippen LogP contribution >= 0.6 is 0 Å². The van der Waals surface area contributed by atoms with E-state index in [1.54, 1.807) is 0 Å². The predicted molar refractivity (Wildman–Crippen MR) is 140 cm³/mol. The van der Waals surface area contributed by atoms with Crippen molar-refractivity contribution >= 4 is 22.4 Å². The van der Waals surface area contributed by atoms with Gasteiger partial charge in [-0.2, -0.15) is 0 Å². The summed E-state index contributed by atoms with van der Waals surface area (Å²) in [5, 5.41) is 0.285. The van der Waals surface area contributed by atoms with E-state index >= 15 is 0 Å². The van der Waals surface area contributed by atoms with E-state index in [9.17, 15) is 4.79 Å². The molecule has 3 nitrogen and oxygen atoms in total. The van der Waals surface area contributed by atoms with Gasteiger partial charge in [-0.05, 0) is 48.3 Å². The third-order valence-corrected chi connectivity index (χ3v) is 16.7. The second-order valence-corrected chi connectivity index (χ2v) is 21.9. The summed E-state index contributed by atoms with van der Waals surface area (Å²) in [5.41, 5.74) is 0.694. The van der Waals surface area contributed by atoms with E-state index in [4.69, 9.17) is 8.85 Å². The zero-order chi connectivity index (χ0) is 24.3. The lowest BCUT2D eigenvalue weighted by Gasteiger charge is -2.40. The van der Waals surface area contributed by atoms with Gasteiger partial charge in [0.25, 0.3) is 0 Å². The average Bonchev–Trinajstić information content (AvgIpc) is 2.83. The summed E-state index contributed by atoms with van der Waals surface area (Å²) in [4.78, 5) is 12.5. The Bertz CT molecular complexity index is 651. The van der Waals surface area contributed by atoms with E-state index in [-0.39, 0.29) is 34.0 Å². The zero-order valence-electron chi connectivity index (χ0n) is 22.4. The topological polar surface area (TPSA) is 35.5 Å². The second-order valence-electron chi connectivity index (χ2n) is 12.4. The van der Waals surface area contributed by atoms with Gasteiger partial charge in [0.05, 0.1) is 12.2 Å². The molecule has 31 heavy (non-hydrogen) atoms. The Morgan fingerprint density at radius 1 is 1.03 bits per heavy atom. The van der Waals surface area contributed by atoms with Crippen LogP contribution in [-0.2, 0) is 13.6 Å². The number of rotatable bonds is 10. The van der Waals surface area contributed by atoms with Gasteiger partial charge in [-0.3, -0.25) is 4.79 Å². The fraction of sp³-hybridized carbons (Fsp3) is 0.808. The molecule has 0 bridgehead atoms. The molecule has 0 radical (unpaired) electrons. The number of ketones is 1. The summed E-state index contributed by atoms with van der Waals surface area (Å²) in [6, 6.07) is 0. The molecule has 5 heteroatoms. The second kappa shape index (κ2) is 10.6. The Hall–Kier alpha value is -0.496. The Balaban J connectivity index is 3.08. The molecule has 0 spiro atoms. The Morgan fingerprint density at radius 3 is 2.06 bits per heavy atom. The lowest BCUT2D eigenvalue weighted by atomic mass is 10.00. The van der Waals surface area contributed by atoms with Crippen molar-refractivity contribution in [3.8, 4) is 0 Å². The first-order chi connectivity index (χ1) is 13.9. The van der Waals surface area contributed by atoms with E-state index in [0.29, 0.717) is 12.0 Å². The third-order valence-electron chi connectivity index (χ3n) is 7.68. The minimum absolute atomic E-state index is 0.0432. The number of unbranched alkanes of at least 4 members (excludes halogenated alkanes) is 2. The van der Waals surface area contributed by atoms with Crippen LogP contribution in [0.3, 0.4) is 0 Å². The number of carbonyl (C=O) groups excluding carboxylic acids is 1. The maximum absolute atomic E-state index is 12.5. The van der Waals surface area contributed by atoms with Gasteiger partial charge in [-0.25, -0.2) is 0 Å². The first-order valence-electron chi connectivity index (χ1n) is 12.2. The summed E-state index contributed by atoms with van der Waals surface area (Å²) >= 11 is 0. The molecule has 0 unspecified atom stereocenters. The van der Waals surface area contributed by atoms with E-state index in [0.717, 1.165) is 12.8 Å². The highest BCUT2D eigenvalue weighted by molar-refractivity contribution is 6.74. The van der Waals surface area contributed by atoms with Crippen LogP contribution in [0.25, 0.3) is 0 Å². The molecular formula is C26H50O3Si2. The molecular weight excluding hydrogens is 416 g/mol. The van der Waals surface area contributed by atoms with Crippen LogP contribution in [0.2, 0.25) is 36.3 Å². The standard InChI is InChI=1S/C26H50O3Si2/c1-13-14-15-16-21(28-30(9,10)25(3,4)5)17-18-22-20(2)23(27)19-24(22)29-31(11,12)26(6,7)8/h17-18,21-22,24H,2,13-16,19H2,1,3-12H3/b18-17+/t21-,22-,24-/m0/s1. The van der Waals surface area contributed by atoms with Gasteiger partial charge in [-0.15, -0.1) is 0 Å². The van der Waals surface area contributed by atoms with Gasteiger partial charge < -0.3 is 8.85 Å². The summed E-state index contributed by atoms with van der Waals surface area (Å²) in [6.45, 7) is 29.1. The number of hydrogen-bond acceptors (Lipinski definition) is 3. The van der Waals surface area contributed by atoms with Crippen LogP contribution in [0.1, 0.15) is 80.6 Å². The smallest absolute Gasteiger partial charge is 0.192 e. The van der Waals surface area contributed by atoms with E-state index in [2.05, 4.69) is 93.4 Å². The van der Waals surface area contributed by atoms with Crippen molar-refractivity contribution in [2.45, 2.75) is 129 Å². The van der Waals surface area contributed by atoms with E-state index in [1.807, 2.05) is 0 Å². The molecule has 0 aliphatic heterocycles. The van der Waals surface area contributed by atoms with Gasteiger partial charge in [-0.1, -0.05) is 86.5 Å². The molecule has 0 heterocycles. The lowest BCUT2D eigenvalue weighted by Crippen LogP contribution is -2.45. The Kier molecular flexibility index (Phi) is 9.78. The molecule has 3 atom stereocenters. The fourth-order valence-corrected chi connectivity index (χ4v) is 6.00. The van der Waals surface area contributed by atoms with Crippen molar-refractivity contribution in [1.82, 2.24) is 0 Å². The molecule has 0 aromatic rings. The molecule has 1 rings (SSSR count). The largest absolute Gasteiger partial charge is 0.413 e. The van der Waals surface area contributed by atoms with Gasteiger partial charge in [0.15, 0.2) is 22.4 Å². The molecule has 0 aromatic heterocycles. The van der Waals surface area contributed by atoms with Crippen LogP contribution in [0.5, 0.6) is 0 Å². The van der Waals surface area contributed by atoms with Crippen LogP contribution in [0, 0.1) is 5.92 Å². The van der Waals surface area contributed by atoms with Crippen LogP contribution in [0.15, 0.2) is 24.3 Å². The minimum Gasteiger partial charge on any atom is -0.413 e. The Morgan fingerprint density at radius 2 is 1.58 bits per heavy atom. The van der Waals surface area contributed by atoms with Gasteiger partial charge in [0.1, 0.15) is 0 Å². The zero-order valence-corrected chi connectivity index (χ0v) is 24.4. The lowest BCUT2D eigenvalue weighted by molar-refractivity contribution is -0.115. The van der Waals surface area contributed by atoms with Crippen molar-refractivity contribution in [1.29, 1.82) is 0 Å². The maximum Gasteiger partial charge on any atom is 0.192 e. The van der Waals surface area contributed by atoms with E-state index < -0.39 is 16.6 Å². The molecule has 1 aliphatic carbocycles. The van der Waals surface area contributed by atoms with Crippen LogP contribution < -0.4 is 0 Å². The predicted octanol–water partition coefficient (Wildman–Crippen LogP) is 8.05. The van der Waals surface area contributed by atoms with Crippen molar-refractivity contribution in [3.05, 3.63) is 24.3 Å². The maximum atomic E-state index is 12.5. The molecule has 0 amide bonds. The summed E-state index contributed by atoms with van der Waals surface area (Å²) in [7, 11) is -3.85. The third kappa shape index (κ3) is 7.80. The highest BCUT2D eigenvalue weighted by Gasteiger charge is 2.44. The molecule has 0 aromatic carbocycles. The van der Waals surface area contributed by atoms with Crippen molar-refractivity contribution in [2.24, 2.45) is 5.92 Å². The molecule has 1 saturated carbocycles.